The minimum absolute atomic E-state index is 0.320. The van der Waals surface area contributed by atoms with Crippen LogP contribution in [0, 0.1) is 23.2 Å². The van der Waals surface area contributed by atoms with Crippen molar-refractivity contribution >= 4 is 0 Å². The first-order valence-electron chi connectivity index (χ1n) is 12.6. The first-order valence-corrected chi connectivity index (χ1v) is 12.6. The molecule has 6 atom stereocenters. The lowest BCUT2D eigenvalue weighted by Gasteiger charge is -2.44. The van der Waals surface area contributed by atoms with Crippen molar-refractivity contribution in [2.24, 2.45) is 23.2 Å². The molecule has 0 spiro atoms. The Balaban J connectivity index is 1.67. The summed E-state index contributed by atoms with van der Waals surface area (Å²) < 4.78 is 0. The molecule has 0 aliphatic heterocycles. The third kappa shape index (κ3) is 5.39. The Hall–Kier alpha value is -0.980. The van der Waals surface area contributed by atoms with Gasteiger partial charge in [-0.05, 0) is 93.1 Å². The molecule has 4 N–H and O–H groups in total. The van der Waals surface area contributed by atoms with E-state index in [9.17, 15) is 20.6 Å². The van der Waals surface area contributed by atoms with Gasteiger partial charge in [-0.3, -0.25) is 10.4 Å². The van der Waals surface area contributed by atoms with Crippen LogP contribution < -0.4 is 0 Å². The molecule has 3 fully saturated rings. The van der Waals surface area contributed by atoms with Gasteiger partial charge in [0.15, 0.2) is 0 Å². The van der Waals surface area contributed by atoms with Crippen LogP contribution in [0.1, 0.15) is 91.9 Å². The van der Waals surface area contributed by atoms with Crippen LogP contribution in [-0.2, 0) is 0 Å². The van der Waals surface area contributed by atoms with Gasteiger partial charge in [-0.15, -0.1) is 0 Å². The molecule has 3 aliphatic rings. The molecule has 182 valence electrons. The molecule has 0 amide bonds. The average molecular weight is 448 g/mol. The number of hydroxylamine groups is 2. The lowest BCUT2D eigenvalue weighted by Crippen LogP contribution is -2.39. The predicted molar refractivity (Wildman–Crippen MR) is 127 cm³/mol. The van der Waals surface area contributed by atoms with Gasteiger partial charge in [0, 0.05) is 6.42 Å². The van der Waals surface area contributed by atoms with E-state index < -0.39 is 17.7 Å². The molecule has 0 aromatic rings. The second kappa shape index (κ2) is 10.1. The van der Waals surface area contributed by atoms with Gasteiger partial charge in [0.05, 0.1) is 17.7 Å². The van der Waals surface area contributed by atoms with Gasteiger partial charge < -0.3 is 10.2 Å². The maximum atomic E-state index is 10.1. The molecule has 0 unspecified atom stereocenters. The number of hydrogen-bond acceptors (Lipinski definition) is 5. The van der Waals surface area contributed by atoms with Crippen molar-refractivity contribution in [1.82, 2.24) is 5.23 Å². The lowest BCUT2D eigenvalue weighted by atomic mass is 9.60. The van der Waals surface area contributed by atoms with Gasteiger partial charge in [0.2, 0.25) is 0 Å². The molecule has 0 radical (unpaired) electrons. The maximum Gasteiger partial charge on any atom is 0.0811 e. The van der Waals surface area contributed by atoms with E-state index >= 15 is 0 Å². The smallest absolute Gasteiger partial charge is 0.0811 e. The zero-order chi connectivity index (χ0) is 23.7. The van der Waals surface area contributed by atoms with E-state index in [0.29, 0.717) is 41.2 Å². The first-order chi connectivity index (χ1) is 15.0. The van der Waals surface area contributed by atoms with E-state index in [-0.39, 0.29) is 0 Å². The molecule has 32 heavy (non-hydrogen) atoms. The Labute approximate surface area is 194 Å². The van der Waals surface area contributed by atoms with Crippen molar-refractivity contribution in [2.75, 3.05) is 0 Å². The molecule has 0 aromatic carbocycles. The Morgan fingerprint density at radius 3 is 2.62 bits per heavy atom. The van der Waals surface area contributed by atoms with Gasteiger partial charge in [-0.1, -0.05) is 56.2 Å². The van der Waals surface area contributed by atoms with Gasteiger partial charge in [0.1, 0.15) is 0 Å². The highest BCUT2D eigenvalue weighted by Gasteiger charge is 2.50. The van der Waals surface area contributed by atoms with Crippen LogP contribution in [-0.4, -0.2) is 43.6 Å². The monoisotopic (exact) mass is 447 g/mol. The van der Waals surface area contributed by atoms with Crippen molar-refractivity contribution in [3.8, 4) is 0 Å². The van der Waals surface area contributed by atoms with Crippen molar-refractivity contribution in [3.63, 3.8) is 0 Å². The van der Waals surface area contributed by atoms with Crippen molar-refractivity contribution in [1.29, 1.82) is 0 Å². The van der Waals surface area contributed by atoms with Gasteiger partial charge >= 0.3 is 0 Å². The normalized spacial score (nSPS) is 37.3. The number of aliphatic hydroxyl groups is 2. The summed E-state index contributed by atoms with van der Waals surface area (Å²) in [6, 6.07) is 0. The largest absolute Gasteiger partial charge is 0.393 e. The molecule has 3 aliphatic carbocycles. The van der Waals surface area contributed by atoms with E-state index in [0.717, 1.165) is 36.8 Å². The van der Waals surface area contributed by atoms with E-state index in [1.165, 1.54) is 31.3 Å². The SMILES string of the molecule is C=C1/C(=C\C=C2/CCC[C@]3(C)[C@@H]([C@@H](C)CCCC(C)(C)N(O)O)CC[C@@H]23)C[C@@H](O)C[C@@H]1O. The fourth-order valence-electron chi connectivity index (χ4n) is 6.84. The van der Waals surface area contributed by atoms with Crippen LogP contribution in [0.2, 0.25) is 0 Å². The number of fused-ring (bicyclic) bond motifs is 1. The zero-order valence-corrected chi connectivity index (χ0v) is 20.6. The standard InChI is InChI=1S/C27H45NO4/c1-18(8-6-14-26(3,4)28(31)32)23-12-13-24-20(9-7-15-27(23,24)5)10-11-21-16-22(29)17-25(30)19(21)2/h10-11,18,22-25,29-32H,2,6-9,12-17H2,1,3-5H3/b20-10+,21-11-/t18-,22+,23+,24-,25-,27+/m0/s1. The summed E-state index contributed by atoms with van der Waals surface area (Å²) in [6.07, 6.45) is 13.2. The average Bonchev–Trinajstić information content (AvgIpc) is 3.06. The molecule has 5 nitrogen and oxygen atoms in total. The third-order valence-corrected chi connectivity index (χ3v) is 8.98. The molecular weight excluding hydrogens is 402 g/mol. The summed E-state index contributed by atoms with van der Waals surface area (Å²) in [5, 5.41) is 39.4. The summed E-state index contributed by atoms with van der Waals surface area (Å²) in [6.45, 7) is 12.6. The quantitative estimate of drug-likeness (QED) is 0.371. The summed E-state index contributed by atoms with van der Waals surface area (Å²) in [7, 11) is 0. The highest BCUT2D eigenvalue weighted by atomic mass is 16.8. The summed E-state index contributed by atoms with van der Waals surface area (Å²) in [5.74, 6) is 1.92. The van der Waals surface area contributed by atoms with Crippen LogP contribution >= 0.6 is 0 Å². The highest BCUT2D eigenvalue weighted by molar-refractivity contribution is 5.38. The van der Waals surface area contributed by atoms with E-state index in [4.69, 9.17) is 0 Å². The summed E-state index contributed by atoms with van der Waals surface area (Å²) in [5.41, 5.74) is 2.99. The first kappa shape index (κ1) is 25.6. The fourth-order valence-corrected chi connectivity index (χ4v) is 6.84. The van der Waals surface area contributed by atoms with Crippen molar-refractivity contribution in [3.05, 3.63) is 35.5 Å². The zero-order valence-electron chi connectivity index (χ0n) is 20.6. The molecule has 3 rings (SSSR count). The minimum Gasteiger partial charge on any atom is -0.393 e. The van der Waals surface area contributed by atoms with Crippen LogP contribution in [0.4, 0.5) is 0 Å². The molecule has 3 saturated carbocycles. The molecule has 0 aromatic heterocycles. The predicted octanol–water partition coefficient (Wildman–Crippen LogP) is 5.79. The summed E-state index contributed by atoms with van der Waals surface area (Å²) >= 11 is 0. The van der Waals surface area contributed by atoms with Crippen molar-refractivity contribution in [2.45, 2.75) is 110 Å². The Kier molecular flexibility index (Phi) is 8.10. The van der Waals surface area contributed by atoms with Gasteiger partial charge in [0.25, 0.3) is 0 Å². The van der Waals surface area contributed by atoms with Gasteiger partial charge in [-0.25, -0.2) is 0 Å². The number of nitrogens with zero attached hydrogens (tertiary/aromatic N) is 1. The maximum absolute atomic E-state index is 10.1. The third-order valence-electron chi connectivity index (χ3n) is 8.98. The lowest BCUT2D eigenvalue weighted by molar-refractivity contribution is -0.357. The molecule has 0 heterocycles. The van der Waals surface area contributed by atoms with E-state index in [1.54, 1.807) is 0 Å². The number of aliphatic hydroxyl groups excluding tert-OH is 2. The Bertz CT molecular complexity index is 740. The van der Waals surface area contributed by atoms with E-state index in [1.807, 2.05) is 13.8 Å². The molecule has 5 heteroatoms. The second-order valence-corrected chi connectivity index (χ2v) is 11.6. The number of rotatable bonds is 7. The van der Waals surface area contributed by atoms with Gasteiger partial charge in [-0.2, -0.15) is 0 Å². The van der Waals surface area contributed by atoms with E-state index in [2.05, 4.69) is 32.6 Å². The molecule has 0 bridgehead atoms. The fraction of sp³-hybridized carbons (Fsp3) is 0.778. The van der Waals surface area contributed by atoms with Crippen LogP contribution in [0.15, 0.2) is 35.5 Å². The van der Waals surface area contributed by atoms with Crippen LogP contribution in [0.5, 0.6) is 0 Å². The summed E-state index contributed by atoms with van der Waals surface area (Å²) in [4.78, 5) is 0. The Morgan fingerprint density at radius 2 is 1.94 bits per heavy atom. The topological polar surface area (TPSA) is 84.2 Å². The van der Waals surface area contributed by atoms with Crippen LogP contribution in [0.25, 0.3) is 0 Å². The second-order valence-electron chi connectivity index (χ2n) is 11.6. The highest BCUT2D eigenvalue weighted by Crippen LogP contribution is 2.60. The van der Waals surface area contributed by atoms with Crippen LogP contribution in [0.3, 0.4) is 0 Å². The Morgan fingerprint density at radius 1 is 1.22 bits per heavy atom. The number of hydrogen-bond donors (Lipinski definition) is 4. The number of allylic oxidation sites excluding steroid dienone is 3. The molecular formula is C27H45NO4. The molecule has 0 saturated heterocycles. The minimum atomic E-state index is -0.634. The van der Waals surface area contributed by atoms with Crippen molar-refractivity contribution < 1.29 is 20.6 Å².